The highest BCUT2D eigenvalue weighted by molar-refractivity contribution is 5.15. The fourth-order valence-corrected chi connectivity index (χ4v) is 1.77. The van der Waals surface area contributed by atoms with Crippen LogP contribution in [0.1, 0.15) is 24.2 Å². The standard InChI is InChI=1S/C10H15NO/c1-8-4-6-12-10(8)7-9-3-2-5-11-9/h4,6,9,11H,2-3,5,7H2,1H3. The molecule has 0 amide bonds. The van der Waals surface area contributed by atoms with Gasteiger partial charge in [0.1, 0.15) is 5.76 Å². The van der Waals surface area contributed by atoms with Crippen molar-refractivity contribution in [3.05, 3.63) is 23.7 Å². The van der Waals surface area contributed by atoms with Crippen LogP contribution in [0, 0.1) is 6.92 Å². The Morgan fingerprint density at radius 3 is 3.17 bits per heavy atom. The lowest BCUT2D eigenvalue weighted by Crippen LogP contribution is -2.23. The van der Waals surface area contributed by atoms with Gasteiger partial charge in [-0.25, -0.2) is 0 Å². The lowest BCUT2D eigenvalue weighted by Gasteiger charge is -2.07. The van der Waals surface area contributed by atoms with Gasteiger partial charge in [-0.1, -0.05) is 0 Å². The zero-order valence-corrected chi connectivity index (χ0v) is 7.47. The molecule has 12 heavy (non-hydrogen) atoms. The summed E-state index contributed by atoms with van der Waals surface area (Å²) in [6.45, 7) is 3.28. The minimum absolute atomic E-state index is 0.648. The second-order valence-electron chi connectivity index (χ2n) is 3.52. The molecule has 66 valence electrons. The highest BCUT2D eigenvalue weighted by atomic mass is 16.3. The van der Waals surface area contributed by atoms with Gasteiger partial charge in [0.2, 0.25) is 0 Å². The first-order chi connectivity index (χ1) is 5.86. The largest absolute Gasteiger partial charge is 0.469 e. The Labute approximate surface area is 73.0 Å². The van der Waals surface area contributed by atoms with Gasteiger partial charge in [-0.2, -0.15) is 0 Å². The highest BCUT2D eigenvalue weighted by Crippen LogP contribution is 2.15. The summed E-state index contributed by atoms with van der Waals surface area (Å²) in [6, 6.07) is 2.68. The van der Waals surface area contributed by atoms with E-state index >= 15 is 0 Å². The Kier molecular flexibility index (Phi) is 2.17. The van der Waals surface area contributed by atoms with Crippen LogP contribution in [0.3, 0.4) is 0 Å². The van der Waals surface area contributed by atoms with E-state index in [1.807, 2.05) is 6.07 Å². The fraction of sp³-hybridized carbons (Fsp3) is 0.600. The summed E-state index contributed by atoms with van der Waals surface area (Å²) in [5.41, 5.74) is 1.28. The maximum Gasteiger partial charge on any atom is 0.108 e. The zero-order chi connectivity index (χ0) is 8.39. The van der Waals surface area contributed by atoms with Crippen LogP contribution in [-0.2, 0) is 6.42 Å². The Morgan fingerprint density at radius 2 is 2.58 bits per heavy atom. The third-order valence-corrected chi connectivity index (χ3v) is 2.56. The molecule has 1 aromatic heterocycles. The van der Waals surface area contributed by atoms with Crippen LogP contribution in [0.4, 0.5) is 0 Å². The monoisotopic (exact) mass is 165 g/mol. The van der Waals surface area contributed by atoms with E-state index in [2.05, 4.69) is 12.2 Å². The molecule has 0 saturated carbocycles. The molecule has 2 heterocycles. The number of hydrogen-bond acceptors (Lipinski definition) is 2. The molecule has 0 radical (unpaired) electrons. The molecular weight excluding hydrogens is 150 g/mol. The number of aryl methyl sites for hydroxylation is 1. The van der Waals surface area contributed by atoms with Gasteiger partial charge in [0, 0.05) is 12.5 Å². The van der Waals surface area contributed by atoms with Crippen LogP contribution in [0.15, 0.2) is 16.7 Å². The molecule has 2 nitrogen and oxygen atoms in total. The molecule has 2 heteroatoms. The molecule has 1 unspecified atom stereocenters. The summed E-state index contributed by atoms with van der Waals surface area (Å²) in [7, 11) is 0. The molecular formula is C10H15NO. The molecule has 0 aromatic carbocycles. The van der Waals surface area contributed by atoms with Crippen molar-refractivity contribution in [3.63, 3.8) is 0 Å². The van der Waals surface area contributed by atoms with Crippen LogP contribution in [0.2, 0.25) is 0 Å². The number of hydrogen-bond donors (Lipinski definition) is 1. The molecule has 1 saturated heterocycles. The Hall–Kier alpha value is -0.760. The van der Waals surface area contributed by atoms with Gasteiger partial charge in [-0.15, -0.1) is 0 Å². The van der Waals surface area contributed by atoms with E-state index in [1.165, 1.54) is 24.9 Å². The predicted molar refractivity (Wildman–Crippen MR) is 48.2 cm³/mol. The van der Waals surface area contributed by atoms with Crippen molar-refractivity contribution in [1.82, 2.24) is 5.32 Å². The number of rotatable bonds is 2. The SMILES string of the molecule is Cc1ccoc1CC1CCCN1. The predicted octanol–water partition coefficient (Wildman–Crippen LogP) is 1.88. The Balaban J connectivity index is 1.98. The smallest absolute Gasteiger partial charge is 0.108 e. The van der Waals surface area contributed by atoms with Crippen molar-refractivity contribution < 1.29 is 4.42 Å². The molecule has 2 rings (SSSR count). The fourth-order valence-electron chi connectivity index (χ4n) is 1.77. The Bertz CT molecular complexity index is 248. The van der Waals surface area contributed by atoms with Crippen molar-refractivity contribution in [2.45, 2.75) is 32.2 Å². The molecule has 0 spiro atoms. The van der Waals surface area contributed by atoms with E-state index in [-0.39, 0.29) is 0 Å². The third-order valence-electron chi connectivity index (χ3n) is 2.56. The molecule has 0 bridgehead atoms. The van der Waals surface area contributed by atoms with Gasteiger partial charge in [0.15, 0.2) is 0 Å². The van der Waals surface area contributed by atoms with Crippen molar-refractivity contribution in [2.24, 2.45) is 0 Å². The second-order valence-corrected chi connectivity index (χ2v) is 3.52. The molecule has 1 aliphatic rings. The van der Waals surface area contributed by atoms with Gasteiger partial charge in [-0.05, 0) is 37.9 Å². The first-order valence-corrected chi connectivity index (χ1v) is 4.62. The molecule has 1 atom stereocenters. The van der Waals surface area contributed by atoms with Gasteiger partial charge in [0.05, 0.1) is 6.26 Å². The van der Waals surface area contributed by atoms with Gasteiger partial charge in [-0.3, -0.25) is 0 Å². The summed E-state index contributed by atoms with van der Waals surface area (Å²) in [5.74, 6) is 1.15. The minimum atomic E-state index is 0.648. The van der Waals surface area contributed by atoms with Crippen molar-refractivity contribution in [1.29, 1.82) is 0 Å². The van der Waals surface area contributed by atoms with E-state index in [0.717, 1.165) is 12.2 Å². The lowest BCUT2D eigenvalue weighted by atomic mass is 10.1. The van der Waals surface area contributed by atoms with Crippen LogP contribution >= 0.6 is 0 Å². The average Bonchev–Trinajstić information content (AvgIpc) is 2.65. The normalized spacial score (nSPS) is 23.2. The van der Waals surface area contributed by atoms with Crippen LogP contribution in [0.5, 0.6) is 0 Å². The summed E-state index contributed by atoms with van der Waals surface area (Å²) in [5, 5.41) is 3.46. The van der Waals surface area contributed by atoms with Crippen molar-refractivity contribution in [3.8, 4) is 0 Å². The molecule has 1 fully saturated rings. The van der Waals surface area contributed by atoms with Crippen LogP contribution in [-0.4, -0.2) is 12.6 Å². The minimum Gasteiger partial charge on any atom is -0.469 e. The van der Waals surface area contributed by atoms with E-state index < -0.39 is 0 Å². The maximum absolute atomic E-state index is 5.39. The second kappa shape index (κ2) is 3.31. The van der Waals surface area contributed by atoms with E-state index in [4.69, 9.17) is 4.42 Å². The molecule has 1 aliphatic heterocycles. The summed E-state index contributed by atoms with van der Waals surface area (Å²) in [6.07, 6.45) is 5.43. The summed E-state index contributed by atoms with van der Waals surface area (Å²) < 4.78 is 5.39. The zero-order valence-electron chi connectivity index (χ0n) is 7.47. The van der Waals surface area contributed by atoms with Crippen molar-refractivity contribution >= 4 is 0 Å². The lowest BCUT2D eigenvalue weighted by molar-refractivity contribution is 0.467. The quantitative estimate of drug-likeness (QED) is 0.723. The third kappa shape index (κ3) is 1.53. The van der Waals surface area contributed by atoms with Gasteiger partial charge in [0.25, 0.3) is 0 Å². The number of nitrogens with one attached hydrogen (secondary N) is 1. The molecule has 0 aliphatic carbocycles. The highest BCUT2D eigenvalue weighted by Gasteiger charge is 2.16. The molecule has 1 aromatic rings. The Morgan fingerprint density at radius 1 is 1.67 bits per heavy atom. The summed E-state index contributed by atoms with van der Waals surface area (Å²) in [4.78, 5) is 0. The van der Waals surface area contributed by atoms with Gasteiger partial charge < -0.3 is 9.73 Å². The van der Waals surface area contributed by atoms with Crippen LogP contribution in [0.25, 0.3) is 0 Å². The number of furan rings is 1. The van der Waals surface area contributed by atoms with E-state index in [9.17, 15) is 0 Å². The van der Waals surface area contributed by atoms with Crippen molar-refractivity contribution in [2.75, 3.05) is 6.54 Å². The summed E-state index contributed by atoms with van der Waals surface area (Å²) >= 11 is 0. The first kappa shape index (κ1) is 7.87. The van der Waals surface area contributed by atoms with E-state index in [1.54, 1.807) is 6.26 Å². The molecule has 1 N–H and O–H groups in total. The van der Waals surface area contributed by atoms with E-state index in [0.29, 0.717) is 6.04 Å². The maximum atomic E-state index is 5.39. The van der Waals surface area contributed by atoms with Gasteiger partial charge >= 0.3 is 0 Å². The average molecular weight is 165 g/mol. The first-order valence-electron chi connectivity index (χ1n) is 4.62. The van der Waals surface area contributed by atoms with Crippen LogP contribution < -0.4 is 5.32 Å². The topological polar surface area (TPSA) is 25.2 Å².